The van der Waals surface area contributed by atoms with Crippen LogP contribution in [0.25, 0.3) is 0 Å². The van der Waals surface area contributed by atoms with Gasteiger partial charge in [0.05, 0.1) is 19.1 Å². The highest BCUT2D eigenvalue weighted by atomic mass is 32.2. The van der Waals surface area contributed by atoms with Crippen LogP contribution in [0.5, 0.6) is 17.2 Å². The van der Waals surface area contributed by atoms with Gasteiger partial charge in [-0.1, -0.05) is 42.5 Å². The maximum Gasteiger partial charge on any atom is 0.242 e. The maximum absolute atomic E-state index is 13.8. The quantitative estimate of drug-likeness (QED) is 0.322. The van der Waals surface area contributed by atoms with Gasteiger partial charge in [-0.05, 0) is 41.8 Å². The molecule has 3 aromatic rings. The fraction of sp³-hybridized carbons (Fsp3) is 0.355. The normalized spacial score (nSPS) is 13.1. The Morgan fingerprint density at radius 3 is 2.36 bits per heavy atom. The van der Waals surface area contributed by atoms with Gasteiger partial charge in [-0.2, -0.15) is 0 Å². The number of nitrogens with zero attached hydrogens (tertiary/aromatic N) is 2. The predicted molar refractivity (Wildman–Crippen MR) is 160 cm³/mol. The Kier molecular flexibility index (Phi) is 10.3. The summed E-state index contributed by atoms with van der Waals surface area (Å²) in [5, 5.41) is 2.70. The summed E-state index contributed by atoms with van der Waals surface area (Å²) in [6.07, 6.45) is 1.72. The van der Waals surface area contributed by atoms with E-state index in [0.717, 1.165) is 17.4 Å². The number of amides is 2. The van der Waals surface area contributed by atoms with Crippen molar-refractivity contribution in [2.75, 3.05) is 44.5 Å². The van der Waals surface area contributed by atoms with Crippen LogP contribution in [0.4, 0.5) is 5.69 Å². The molecule has 4 rings (SSSR count). The Hall–Kier alpha value is -4.25. The SMILES string of the molecule is CNC(=O)[C@@H](Cc1ccccc1)N(Cc1cccc(OC)c1)C(=O)CCCN(c1ccc2c(c1)OCCO2)S(C)(=O)=O. The first-order valence-corrected chi connectivity index (χ1v) is 15.6. The van der Waals surface area contributed by atoms with Crippen LogP contribution in [0.2, 0.25) is 0 Å². The van der Waals surface area contributed by atoms with E-state index >= 15 is 0 Å². The molecule has 0 saturated heterocycles. The number of benzene rings is 3. The molecule has 2 amide bonds. The third-order valence-electron chi connectivity index (χ3n) is 6.97. The van der Waals surface area contributed by atoms with E-state index in [9.17, 15) is 18.0 Å². The highest BCUT2D eigenvalue weighted by molar-refractivity contribution is 7.92. The molecule has 1 heterocycles. The molecule has 0 bridgehead atoms. The minimum absolute atomic E-state index is 0.0306. The van der Waals surface area contributed by atoms with Crippen molar-refractivity contribution in [1.29, 1.82) is 0 Å². The van der Waals surface area contributed by atoms with Crippen molar-refractivity contribution < 1.29 is 32.2 Å². The monoisotopic (exact) mass is 595 g/mol. The number of rotatable bonds is 13. The molecule has 0 unspecified atom stereocenters. The molecule has 10 nitrogen and oxygen atoms in total. The summed E-state index contributed by atoms with van der Waals surface area (Å²) < 4.78 is 43.3. The number of hydrogen-bond donors (Lipinski definition) is 1. The van der Waals surface area contributed by atoms with Crippen LogP contribution in [0, 0.1) is 0 Å². The first-order valence-electron chi connectivity index (χ1n) is 13.7. The molecule has 0 aromatic heterocycles. The smallest absolute Gasteiger partial charge is 0.242 e. The zero-order chi connectivity index (χ0) is 30.1. The average Bonchev–Trinajstić information content (AvgIpc) is 3.00. The van der Waals surface area contributed by atoms with Crippen LogP contribution in [0.1, 0.15) is 24.0 Å². The summed E-state index contributed by atoms with van der Waals surface area (Å²) in [4.78, 5) is 28.5. The van der Waals surface area contributed by atoms with E-state index in [1.54, 1.807) is 37.3 Å². The number of ether oxygens (including phenoxy) is 3. The number of hydrogen-bond acceptors (Lipinski definition) is 7. The van der Waals surface area contributed by atoms with Gasteiger partial charge in [-0.15, -0.1) is 0 Å². The predicted octanol–water partition coefficient (Wildman–Crippen LogP) is 3.40. The lowest BCUT2D eigenvalue weighted by atomic mass is 10.0. The van der Waals surface area contributed by atoms with E-state index in [2.05, 4.69) is 5.32 Å². The van der Waals surface area contributed by atoms with E-state index in [1.807, 2.05) is 54.6 Å². The number of anilines is 1. The molecule has 0 saturated carbocycles. The van der Waals surface area contributed by atoms with E-state index in [4.69, 9.17) is 14.2 Å². The Morgan fingerprint density at radius 1 is 0.952 bits per heavy atom. The third-order valence-corrected chi connectivity index (χ3v) is 8.16. The van der Waals surface area contributed by atoms with Gasteiger partial charge in [0.1, 0.15) is 25.0 Å². The largest absolute Gasteiger partial charge is 0.497 e. The highest BCUT2D eigenvalue weighted by Crippen LogP contribution is 2.35. The summed E-state index contributed by atoms with van der Waals surface area (Å²) >= 11 is 0. The molecule has 3 aromatic carbocycles. The third kappa shape index (κ3) is 7.94. The topological polar surface area (TPSA) is 114 Å². The molecular formula is C31H37N3O7S. The van der Waals surface area contributed by atoms with Gasteiger partial charge in [0.25, 0.3) is 0 Å². The molecule has 42 heavy (non-hydrogen) atoms. The van der Waals surface area contributed by atoms with Crippen LogP contribution in [0.3, 0.4) is 0 Å². The summed E-state index contributed by atoms with van der Waals surface area (Å²) in [6.45, 7) is 1.06. The molecule has 0 radical (unpaired) electrons. The second kappa shape index (κ2) is 14.1. The Balaban J connectivity index is 1.56. The van der Waals surface area contributed by atoms with Crippen LogP contribution < -0.4 is 23.8 Å². The van der Waals surface area contributed by atoms with Crippen LogP contribution >= 0.6 is 0 Å². The number of carbonyl (C=O) groups excluding carboxylic acids is 2. The number of sulfonamides is 1. The molecule has 0 aliphatic carbocycles. The molecule has 0 fully saturated rings. The van der Waals surface area contributed by atoms with Gasteiger partial charge < -0.3 is 24.4 Å². The molecule has 11 heteroatoms. The van der Waals surface area contributed by atoms with Gasteiger partial charge in [-0.3, -0.25) is 13.9 Å². The molecule has 1 atom stereocenters. The molecule has 1 aliphatic heterocycles. The van der Waals surface area contributed by atoms with E-state index in [1.165, 1.54) is 4.31 Å². The number of fused-ring (bicyclic) bond motifs is 1. The fourth-order valence-electron chi connectivity index (χ4n) is 4.88. The number of methoxy groups -OCH3 is 1. The summed E-state index contributed by atoms with van der Waals surface area (Å²) in [6, 6.07) is 21.1. The average molecular weight is 596 g/mol. The zero-order valence-corrected chi connectivity index (χ0v) is 24.9. The zero-order valence-electron chi connectivity index (χ0n) is 24.1. The van der Waals surface area contributed by atoms with Gasteiger partial charge in [-0.25, -0.2) is 8.42 Å². The van der Waals surface area contributed by atoms with E-state index < -0.39 is 16.1 Å². The Labute approximate surface area is 247 Å². The number of likely N-dealkylation sites (N-methyl/N-ethyl adjacent to an activating group) is 1. The molecule has 0 spiro atoms. The minimum Gasteiger partial charge on any atom is -0.497 e. The highest BCUT2D eigenvalue weighted by Gasteiger charge is 2.30. The second-order valence-electron chi connectivity index (χ2n) is 9.96. The summed E-state index contributed by atoms with van der Waals surface area (Å²) in [7, 11) is -0.542. The van der Waals surface area contributed by atoms with Crippen LogP contribution in [0.15, 0.2) is 72.8 Å². The van der Waals surface area contributed by atoms with Crippen LogP contribution in [-0.2, 0) is 32.6 Å². The maximum atomic E-state index is 13.8. The van der Waals surface area contributed by atoms with Gasteiger partial charge in [0.2, 0.25) is 21.8 Å². The van der Waals surface area contributed by atoms with Gasteiger partial charge >= 0.3 is 0 Å². The second-order valence-corrected chi connectivity index (χ2v) is 11.9. The minimum atomic E-state index is -3.66. The van der Waals surface area contributed by atoms with Crippen molar-refractivity contribution in [1.82, 2.24) is 10.2 Å². The van der Waals surface area contributed by atoms with E-state index in [-0.39, 0.29) is 37.7 Å². The van der Waals surface area contributed by atoms with Crippen LogP contribution in [-0.4, -0.2) is 71.3 Å². The first kappa shape index (κ1) is 30.7. The van der Waals surface area contributed by atoms with Crippen molar-refractivity contribution >= 4 is 27.5 Å². The lowest BCUT2D eigenvalue weighted by molar-refractivity contribution is -0.141. The van der Waals surface area contributed by atoms with Crippen molar-refractivity contribution in [3.63, 3.8) is 0 Å². The molecular weight excluding hydrogens is 558 g/mol. The van der Waals surface area contributed by atoms with Gasteiger partial charge in [0.15, 0.2) is 11.5 Å². The van der Waals surface area contributed by atoms with Crippen molar-refractivity contribution in [3.05, 3.63) is 83.9 Å². The van der Waals surface area contributed by atoms with Crippen molar-refractivity contribution in [3.8, 4) is 17.2 Å². The molecule has 1 N–H and O–H groups in total. The van der Waals surface area contributed by atoms with Gasteiger partial charge in [0, 0.05) is 39.0 Å². The van der Waals surface area contributed by atoms with Crippen molar-refractivity contribution in [2.45, 2.75) is 31.8 Å². The Bertz CT molecular complexity index is 1480. The number of carbonyl (C=O) groups is 2. The summed E-state index contributed by atoms with van der Waals surface area (Å²) in [5.41, 5.74) is 2.14. The summed E-state index contributed by atoms with van der Waals surface area (Å²) in [5.74, 6) is 1.12. The van der Waals surface area contributed by atoms with Crippen molar-refractivity contribution in [2.24, 2.45) is 0 Å². The Morgan fingerprint density at radius 2 is 1.67 bits per heavy atom. The lowest BCUT2D eigenvalue weighted by Crippen LogP contribution is -2.49. The molecule has 1 aliphatic rings. The fourth-order valence-corrected chi connectivity index (χ4v) is 5.84. The standard InChI is InChI=1S/C31H37N3O7S/c1-32-31(36)27(20-23-9-5-4-6-10-23)33(22-24-11-7-12-26(19-24)39-2)30(35)13-8-16-34(42(3,37)38)25-14-15-28-29(21-25)41-18-17-40-28/h4-7,9-12,14-15,19,21,27H,8,13,16-18,20,22H2,1-3H3,(H,32,36)/t27-/m1/s1. The first-order chi connectivity index (χ1) is 20.2. The lowest BCUT2D eigenvalue weighted by Gasteiger charge is -2.31. The van der Waals surface area contributed by atoms with E-state index in [0.29, 0.717) is 42.6 Å². The number of nitrogens with one attached hydrogen (secondary N) is 1. The molecule has 224 valence electrons.